The predicted octanol–water partition coefficient (Wildman–Crippen LogP) is -0.366. The average molecular weight is 161 g/mol. The van der Waals surface area contributed by atoms with Crippen LogP contribution in [-0.4, -0.2) is 42.3 Å². The molecule has 0 spiro atoms. The molecule has 4 nitrogen and oxygen atoms in total. The van der Waals surface area contributed by atoms with Crippen LogP contribution in [0.2, 0.25) is 0 Å². The molecule has 0 aromatic rings. The maximum absolute atomic E-state index is 11.9. The molecule has 0 unspecified atom stereocenters. The molecular formula is C6H12FN3O. The standard InChI is InChI=1S/C6H12FN3O/c7-1-5-2-10(3-5)4-6(8)9-11/h5,11H,1-4H2,(H2,8,9). The van der Waals surface area contributed by atoms with E-state index in [0.29, 0.717) is 19.6 Å². The van der Waals surface area contributed by atoms with Gasteiger partial charge in [-0.1, -0.05) is 5.16 Å². The van der Waals surface area contributed by atoms with Crippen LogP contribution in [0.1, 0.15) is 0 Å². The number of halogens is 1. The number of nitrogens with two attached hydrogens (primary N) is 1. The molecule has 0 aromatic carbocycles. The molecule has 0 aromatic heterocycles. The van der Waals surface area contributed by atoms with E-state index in [1.807, 2.05) is 4.90 Å². The summed E-state index contributed by atoms with van der Waals surface area (Å²) in [5.41, 5.74) is 5.23. The third-order valence-corrected chi connectivity index (χ3v) is 1.77. The van der Waals surface area contributed by atoms with Crippen molar-refractivity contribution in [3.05, 3.63) is 0 Å². The number of nitrogens with zero attached hydrogens (tertiary/aromatic N) is 2. The van der Waals surface area contributed by atoms with Crippen LogP contribution < -0.4 is 5.73 Å². The minimum Gasteiger partial charge on any atom is -0.409 e. The van der Waals surface area contributed by atoms with Gasteiger partial charge in [0.1, 0.15) is 0 Å². The van der Waals surface area contributed by atoms with Gasteiger partial charge in [-0.15, -0.1) is 0 Å². The van der Waals surface area contributed by atoms with Gasteiger partial charge in [-0.3, -0.25) is 9.29 Å². The van der Waals surface area contributed by atoms with Crippen molar-refractivity contribution in [2.45, 2.75) is 0 Å². The Morgan fingerprint density at radius 3 is 2.82 bits per heavy atom. The van der Waals surface area contributed by atoms with Gasteiger partial charge in [0.25, 0.3) is 0 Å². The van der Waals surface area contributed by atoms with Crippen molar-refractivity contribution in [3.8, 4) is 0 Å². The first-order valence-corrected chi connectivity index (χ1v) is 3.51. The van der Waals surface area contributed by atoms with Crippen LogP contribution in [0.4, 0.5) is 4.39 Å². The van der Waals surface area contributed by atoms with E-state index in [-0.39, 0.29) is 18.4 Å². The highest BCUT2D eigenvalue weighted by Gasteiger charge is 2.26. The molecule has 1 rings (SSSR count). The molecule has 1 heterocycles. The van der Waals surface area contributed by atoms with Gasteiger partial charge in [0.05, 0.1) is 13.2 Å². The maximum Gasteiger partial charge on any atom is 0.153 e. The molecule has 1 aliphatic rings. The van der Waals surface area contributed by atoms with E-state index in [2.05, 4.69) is 5.16 Å². The van der Waals surface area contributed by atoms with Crippen LogP contribution in [0, 0.1) is 5.92 Å². The zero-order chi connectivity index (χ0) is 8.27. The molecule has 5 heteroatoms. The van der Waals surface area contributed by atoms with Crippen molar-refractivity contribution >= 4 is 5.84 Å². The fourth-order valence-corrected chi connectivity index (χ4v) is 1.16. The van der Waals surface area contributed by atoms with Gasteiger partial charge in [-0.05, 0) is 0 Å². The lowest BCUT2D eigenvalue weighted by molar-refractivity contribution is 0.0968. The van der Waals surface area contributed by atoms with E-state index in [1.165, 1.54) is 0 Å². The summed E-state index contributed by atoms with van der Waals surface area (Å²) in [5, 5.41) is 11.0. The van der Waals surface area contributed by atoms with Gasteiger partial charge in [0.2, 0.25) is 0 Å². The Kier molecular flexibility index (Phi) is 2.64. The van der Waals surface area contributed by atoms with Crippen molar-refractivity contribution in [3.63, 3.8) is 0 Å². The van der Waals surface area contributed by atoms with Crippen molar-refractivity contribution in [1.29, 1.82) is 0 Å². The summed E-state index contributed by atoms with van der Waals surface area (Å²) in [7, 11) is 0. The number of hydrogen-bond acceptors (Lipinski definition) is 3. The summed E-state index contributed by atoms with van der Waals surface area (Å²) >= 11 is 0. The zero-order valence-corrected chi connectivity index (χ0v) is 6.20. The summed E-state index contributed by atoms with van der Waals surface area (Å²) in [4.78, 5) is 1.93. The van der Waals surface area contributed by atoms with Crippen LogP contribution in [0.5, 0.6) is 0 Å². The second-order valence-electron chi connectivity index (χ2n) is 2.81. The van der Waals surface area contributed by atoms with Gasteiger partial charge in [-0.2, -0.15) is 0 Å². The molecule has 0 radical (unpaired) electrons. The van der Waals surface area contributed by atoms with Crippen LogP contribution in [0.15, 0.2) is 5.16 Å². The van der Waals surface area contributed by atoms with Crippen molar-refractivity contribution in [2.75, 3.05) is 26.3 Å². The van der Waals surface area contributed by atoms with Crippen LogP contribution in [0.25, 0.3) is 0 Å². The van der Waals surface area contributed by atoms with Crippen molar-refractivity contribution < 1.29 is 9.60 Å². The van der Waals surface area contributed by atoms with E-state index in [1.54, 1.807) is 0 Å². The summed E-state index contributed by atoms with van der Waals surface area (Å²) in [6, 6.07) is 0. The summed E-state index contributed by atoms with van der Waals surface area (Å²) in [6.45, 7) is 1.60. The van der Waals surface area contributed by atoms with Crippen LogP contribution in [0.3, 0.4) is 0 Å². The Bertz CT molecular complexity index is 156. The molecule has 11 heavy (non-hydrogen) atoms. The van der Waals surface area contributed by atoms with E-state index < -0.39 is 0 Å². The van der Waals surface area contributed by atoms with Gasteiger partial charge in [0.15, 0.2) is 5.84 Å². The second-order valence-corrected chi connectivity index (χ2v) is 2.81. The van der Waals surface area contributed by atoms with Crippen LogP contribution in [-0.2, 0) is 0 Å². The Morgan fingerprint density at radius 2 is 2.36 bits per heavy atom. The second kappa shape index (κ2) is 3.52. The lowest BCUT2D eigenvalue weighted by Crippen LogP contribution is -2.50. The van der Waals surface area contributed by atoms with Gasteiger partial charge >= 0.3 is 0 Å². The quantitative estimate of drug-likeness (QED) is 0.257. The molecule has 3 N–H and O–H groups in total. The Hall–Kier alpha value is -0.840. The number of rotatable bonds is 3. The van der Waals surface area contributed by atoms with E-state index in [9.17, 15) is 4.39 Å². The lowest BCUT2D eigenvalue weighted by Gasteiger charge is -2.37. The first kappa shape index (κ1) is 8.26. The fourth-order valence-electron chi connectivity index (χ4n) is 1.16. The normalized spacial score (nSPS) is 21.7. The maximum atomic E-state index is 11.9. The Morgan fingerprint density at radius 1 is 1.73 bits per heavy atom. The van der Waals surface area contributed by atoms with Gasteiger partial charge < -0.3 is 10.9 Å². The summed E-state index contributed by atoms with van der Waals surface area (Å²) < 4.78 is 11.9. The minimum atomic E-state index is -0.271. The summed E-state index contributed by atoms with van der Waals surface area (Å²) in [6.07, 6.45) is 0. The van der Waals surface area contributed by atoms with Crippen LogP contribution >= 0.6 is 0 Å². The first-order valence-electron chi connectivity index (χ1n) is 3.51. The lowest BCUT2D eigenvalue weighted by atomic mass is 10.0. The van der Waals surface area contributed by atoms with Crippen molar-refractivity contribution in [2.24, 2.45) is 16.8 Å². The monoisotopic (exact) mass is 161 g/mol. The molecule has 0 aliphatic carbocycles. The smallest absolute Gasteiger partial charge is 0.153 e. The highest BCUT2D eigenvalue weighted by molar-refractivity contribution is 5.81. The molecule has 0 atom stereocenters. The molecule has 0 bridgehead atoms. The average Bonchev–Trinajstić information content (AvgIpc) is 1.95. The molecule has 0 saturated carbocycles. The van der Waals surface area contributed by atoms with Gasteiger partial charge in [0, 0.05) is 19.0 Å². The van der Waals surface area contributed by atoms with Gasteiger partial charge in [-0.25, -0.2) is 0 Å². The third-order valence-electron chi connectivity index (χ3n) is 1.77. The largest absolute Gasteiger partial charge is 0.409 e. The molecule has 64 valence electrons. The minimum absolute atomic E-state index is 0.154. The highest BCUT2D eigenvalue weighted by Crippen LogP contribution is 2.14. The number of likely N-dealkylation sites (tertiary alicyclic amines) is 1. The predicted molar refractivity (Wildman–Crippen MR) is 39.3 cm³/mol. The molecule has 1 saturated heterocycles. The number of oxime groups is 1. The zero-order valence-electron chi connectivity index (χ0n) is 6.20. The molecule has 1 fully saturated rings. The fraction of sp³-hybridized carbons (Fsp3) is 0.833. The summed E-state index contributed by atoms with van der Waals surface area (Å²) in [5.74, 6) is 0.337. The third kappa shape index (κ3) is 2.04. The topological polar surface area (TPSA) is 61.8 Å². The molecular weight excluding hydrogens is 149 g/mol. The Labute approximate surface area is 64.5 Å². The van der Waals surface area contributed by atoms with E-state index >= 15 is 0 Å². The first-order chi connectivity index (χ1) is 5.26. The van der Waals surface area contributed by atoms with E-state index in [0.717, 1.165) is 0 Å². The molecule has 1 aliphatic heterocycles. The number of hydrogen-bond donors (Lipinski definition) is 2. The highest BCUT2D eigenvalue weighted by atomic mass is 19.1. The van der Waals surface area contributed by atoms with E-state index in [4.69, 9.17) is 10.9 Å². The molecule has 0 amide bonds. The number of alkyl halides is 1. The number of amidine groups is 1. The van der Waals surface area contributed by atoms with Crippen molar-refractivity contribution in [1.82, 2.24) is 4.90 Å². The Balaban J connectivity index is 2.13. The SMILES string of the molecule is NC(CN1CC(CF)C1)=NO.